The van der Waals surface area contributed by atoms with E-state index in [1.54, 1.807) is 37.3 Å². The molecule has 0 radical (unpaired) electrons. The Morgan fingerprint density at radius 3 is 2.64 bits per heavy atom. The first-order valence-corrected chi connectivity index (χ1v) is 7.51. The summed E-state index contributed by atoms with van der Waals surface area (Å²) in [5.41, 5.74) is 6.13. The van der Waals surface area contributed by atoms with Crippen LogP contribution < -0.4 is 20.8 Å². The van der Waals surface area contributed by atoms with Crippen LogP contribution in [0.15, 0.2) is 51.0 Å². The minimum Gasteiger partial charge on any atom is -0.496 e. The first-order chi connectivity index (χ1) is 12.0. The largest absolute Gasteiger partial charge is 0.496 e. The molecule has 0 fully saturated rings. The molecule has 7 heteroatoms. The summed E-state index contributed by atoms with van der Waals surface area (Å²) in [7, 11) is 2.73. The maximum atomic E-state index is 12.5. The maximum absolute atomic E-state index is 12.5. The Labute approximate surface area is 143 Å². The number of nitrogens with two attached hydrogens (primary N) is 1. The predicted molar refractivity (Wildman–Crippen MR) is 88.4 cm³/mol. The Kier molecular flexibility index (Phi) is 4.22. The van der Waals surface area contributed by atoms with Crippen molar-refractivity contribution < 1.29 is 23.4 Å². The standard InChI is InChI=1S/C18H17NO6/c1-9-8-12-14(18(21)24-9)13(10-6-4-5-7-11(10)22-2)15(16(19)25-12)17(20)23-3/h4-8,13H,19H2,1-3H3/t13-/m1/s1. The molecule has 0 saturated heterocycles. The van der Waals surface area contributed by atoms with Crippen LogP contribution in [0, 0.1) is 6.92 Å². The quantitative estimate of drug-likeness (QED) is 0.848. The Morgan fingerprint density at radius 1 is 1.24 bits per heavy atom. The highest BCUT2D eigenvalue weighted by Gasteiger charge is 2.39. The molecule has 1 aromatic heterocycles. The van der Waals surface area contributed by atoms with Crippen LogP contribution in [0.1, 0.15) is 22.8 Å². The number of hydrogen-bond donors (Lipinski definition) is 1. The first kappa shape index (κ1) is 16.6. The molecule has 25 heavy (non-hydrogen) atoms. The summed E-state index contributed by atoms with van der Waals surface area (Å²) in [4.78, 5) is 24.9. The van der Waals surface area contributed by atoms with E-state index in [4.69, 9.17) is 24.4 Å². The van der Waals surface area contributed by atoms with Gasteiger partial charge >= 0.3 is 11.6 Å². The number of methoxy groups -OCH3 is 2. The monoisotopic (exact) mass is 343 g/mol. The number of esters is 1. The number of fused-ring (bicyclic) bond motifs is 1. The van der Waals surface area contributed by atoms with Gasteiger partial charge in [0.1, 0.15) is 22.8 Å². The van der Waals surface area contributed by atoms with Crippen molar-refractivity contribution in [1.29, 1.82) is 0 Å². The van der Waals surface area contributed by atoms with Crippen LogP contribution in [0.2, 0.25) is 0 Å². The highest BCUT2D eigenvalue weighted by Crippen LogP contribution is 2.43. The van der Waals surface area contributed by atoms with E-state index < -0.39 is 17.5 Å². The van der Waals surface area contributed by atoms with E-state index in [2.05, 4.69) is 0 Å². The Morgan fingerprint density at radius 2 is 1.96 bits per heavy atom. The summed E-state index contributed by atoms with van der Waals surface area (Å²) < 4.78 is 20.9. The number of para-hydroxylation sites is 1. The predicted octanol–water partition coefficient (Wildman–Crippen LogP) is 1.82. The number of carbonyl (C=O) groups excluding carboxylic acids is 1. The van der Waals surface area contributed by atoms with Crippen molar-refractivity contribution >= 4 is 5.97 Å². The molecule has 1 aliphatic rings. The third-order valence-electron chi connectivity index (χ3n) is 3.99. The second kappa shape index (κ2) is 6.35. The van der Waals surface area contributed by atoms with E-state index in [0.29, 0.717) is 17.1 Å². The topological polar surface area (TPSA) is 101 Å². The van der Waals surface area contributed by atoms with E-state index >= 15 is 0 Å². The minimum atomic E-state index is -0.829. The summed E-state index contributed by atoms with van der Waals surface area (Å²) in [5, 5.41) is 0. The third kappa shape index (κ3) is 2.73. The van der Waals surface area contributed by atoms with Crippen molar-refractivity contribution in [1.82, 2.24) is 0 Å². The smallest absolute Gasteiger partial charge is 0.343 e. The van der Waals surface area contributed by atoms with E-state index in [9.17, 15) is 9.59 Å². The Balaban J connectivity index is 2.35. The molecule has 0 spiro atoms. The van der Waals surface area contributed by atoms with E-state index in [0.717, 1.165) is 0 Å². The molecule has 2 aromatic rings. The lowest BCUT2D eigenvalue weighted by molar-refractivity contribution is -0.136. The van der Waals surface area contributed by atoms with Crippen molar-refractivity contribution in [2.45, 2.75) is 12.8 Å². The van der Waals surface area contributed by atoms with E-state index in [-0.39, 0.29) is 22.8 Å². The van der Waals surface area contributed by atoms with Crippen LogP contribution >= 0.6 is 0 Å². The van der Waals surface area contributed by atoms with Crippen molar-refractivity contribution in [2.75, 3.05) is 14.2 Å². The normalized spacial score (nSPS) is 16.0. The Bertz CT molecular complexity index is 927. The number of aryl methyl sites for hydroxylation is 1. The van der Waals surface area contributed by atoms with Gasteiger partial charge in [-0.15, -0.1) is 0 Å². The van der Waals surface area contributed by atoms with Gasteiger partial charge in [-0.3, -0.25) is 0 Å². The highest BCUT2D eigenvalue weighted by molar-refractivity contribution is 5.92. The molecule has 2 N–H and O–H groups in total. The van der Waals surface area contributed by atoms with Crippen molar-refractivity contribution in [2.24, 2.45) is 5.73 Å². The Hall–Kier alpha value is -3.22. The number of hydrogen-bond acceptors (Lipinski definition) is 7. The molecule has 1 aliphatic heterocycles. The zero-order valence-electron chi connectivity index (χ0n) is 14.0. The SMILES string of the molecule is COC(=O)C1=C(N)Oc2cc(C)oc(=O)c2[C@H]1c1ccccc1OC. The second-order valence-corrected chi connectivity index (χ2v) is 5.47. The summed E-state index contributed by atoms with van der Waals surface area (Å²) in [6.07, 6.45) is 0. The lowest BCUT2D eigenvalue weighted by Gasteiger charge is -2.27. The molecule has 3 rings (SSSR count). The molecule has 1 aromatic carbocycles. The van der Waals surface area contributed by atoms with Gasteiger partial charge in [0.05, 0.1) is 25.7 Å². The fraction of sp³-hybridized carbons (Fsp3) is 0.222. The van der Waals surface area contributed by atoms with Gasteiger partial charge in [-0.25, -0.2) is 9.59 Å². The molecule has 2 heterocycles. The van der Waals surface area contributed by atoms with Crippen LogP contribution in [-0.2, 0) is 9.53 Å². The fourth-order valence-corrected chi connectivity index (χ4v) is 2.94. The number of carbonyl (C=O) groups is 1. The molecular formula is C18H17NO6. The van der Waals surface area contributed by atoms with E-state index in [1.807, 2.05) is 0 Å². The van der Waals surface area contributed by atoms with Crippen LogP contribution in [0.4, 0.5) is 0 Å². The van der Waals surface area contributed by atoms with Crippen molar-refractivity contribution in [3.63, 3.8) is 0 Å². The van der Waals surface area contributed by atoms with Crippen LogP contribution in [-0.4, -0.2) is 20.2 Å². The zero-order chi connectivity index (χ0) is 18.1. The van der Waals surface area contributed by atoms with Gasteiger partial charge in [-0.05, 0) is 13.0 Å². The average Bonchev–Trinajstić information content (AvgIpc) is 2.59. The lowest BCUT2D eigenvalue weighted by atomic mass is 9.83. The molecule has 1 atom stereocenters. The van der Waals surface area contributed by atoms with Crippen molar-refractivity contribution in [3.05, 3.63) is 69.1 Å². The van der Waals surface area contributed by atoms with Gasteiger partial charge in [0.15, 0.2) is 0 Å². The molecule has 0 saturated carbocycles. The van der Waals surface area contributed by atoms with Gasteiger partial charge < -0.3 is 24.4 Å². The highest BCUT2D eigenvalue weighted by atomic mass is 16.5. The summed E-state index contributed by atoms with van der Waals surface area (Å²) in [6.45, 7) is 1.62. The van der Waals surface area contributed by atoms with Gasteiger partial charge in [-0.2, -0.15) is 0 Å². The van der Waals surface area contributed by atoms with Gasteiger partial charge in [-0.1, -0.05) is 18.2 Å². The summed E-state index contributed by atoms with van der Waals surface area (Å²) in [5.74, 6) is -0.537. The molecule has 7 nitrogen and oxygen atoms in total. The minimum absolute atomic E-state index is 0.0238. The summed E-state index contributed by atoms with van der Waals surface area (Å²) in [6, 6.07) is 8.58. The maximum Gasteiger partial charge on any atom is 0.343 e. The zero-order valence-corrected chi connectivity index (χ0v) is 14.0. The molecule has 0 aliphatic carbocycles. The summed E-state index contributed by atoms with van der Waals surface area (Å²) >= 11 is 0. The van der Waals surface area contributed by atoms with Gasteiger partial charge in [0.25, 0.3) is 0 Å². The molecular weight excluding hydrogens is 326 g/mol. The van der Waals surface area contributed by atoms with Crippen LogP contribution in [0.3, 0.4) is 0 Å². The number of rotatable bonds is 3. The first-order valence-electron chi connectivity index (χ1n) is 7.51. The van der Waals surface area contributed by atoms with Gasteiger partial charge in [0.2, 0.25) is 5.88 Å². The average molecular weight is 343 g/mol. The van der Waals surface area contributed by atoms with Crippen LogP contribution in [0.25, 0.3) is 0 Å². The van der Waals surface area contributed by atoms with E-state index in [1.165, 1.54) is 14.2 Å². The van der Waals surface area contributed by atoms with Gasteiger partial charge in [0, 0.05) is 11.6 Å². The lowest BCUT2D eigenvalue weighted by Crippen LogP contribution is -2.30. The molecule has 130 valence electrons. The fourth-order valence-electron chi connectivity index (χ4n) is 2.94. The third-order valence-corrected chi connectivity index (χ3v) is 3.99. The number of benzene rings is 1. The molecule has 0 unspecified atom stereocenters. The molecule has 0 bridgehead atoms. The van der Waals surface area contributed by atoms with Crippen LogP contribution in [0.5, 0.6) is 11.5 Å². The van der Waals surface area contributed by atoms with Crippen molar-refractivity contribution in [3.8, 4) is 11.5 Å². The molecule has 0 amide bonds. The second-order valence-electron chi connectivity index (χ2n) is 5.47. The number of ether oxygens (including phenoxy) is 3.